The van der Waals surface area contributed by atoms with E-state index in [0.29, 0.717) is 16.6 Å². The van der Waals surface area contributed by atoms with Gasteiger partial charge in [0.15, 0.2) is 0 Å². The lowest BCUT2D eigenvalue weighted by molar-refractivity contribution is -0.116. The SMILES string of the molecule is COCc1cccc(NC(=O)CN2C(=O)c3ccccc3S2(=O)=O)c1. The van der Waals surface area contributed by atoms with Crippen molar-refractivity contribution in [1.29, 1.82) is 0 Å². The van der Waals surface area contributed by atoms with Crippen LogP contribution in [0.2, 0.25) is 0 Å². The second-order valence-corrected chi connectivity index (χ2v) is 7.33. The molecule has 0 fully saturated rings. The van der Waals surface area contributed by atoms with Crippen LogP contribution in [0.15, 0.2) is 53.4 Å². The zero-order valence-corrected chi connectivity index (χ0v) is 14.2. The summed E-state index contributed by atoms with van der Waals surface area (Å²) < 4.78 is 30.5. The molecule has 0 aromatic heterocycles. The van der Waals surface area contributed by atoms with Crippen molar-refractivity contribution >= 4 is 27.5 Å². The summed E-state index contributed by atoms with van der Waals surface area (Å²) in [5.74, 6) is -1.29. The molecule has 1 aliphatic rings. The molecule has 1 N–H and O–H groups in total. The van der Waals surface area contributed by atoms with Gasteiger partial charge >= 0.3 is 0 Å². The van der Waals surface area contributed by atoms with Crippen LogP contribution >= 0.6 is 0 Å². The number of hydrogen-bond acceptors (Lipinski definition) is 5. The number of carbonyl (C=O) groups excluding carboxylic acids is 2. The number of fused-ring (bicyclic) bond motifs is 1. The monoisotopic (exact) mass is 360 g/mol. The first kappa shape index (κ1) is 17.1. The van der Waals surface area contributed by atoms with Crippen LogP contribution < -0.4 is 5.32 Å². The van der Waals surface area contributed by atoms with Gasteiger partial charge in [-0.2, -0.15) is 0 Å². The number of nitrogens with zero attached hydrogens (tertiary/aromatic N) is 1. The molecule has 25 heavy (non-hydrogen) atoms. The normalized spacial score (nSPS) is 15.1. The number of benzene rings is 2. The lowest BCUT2D eigenvalue weighted by Crippen LogP contribution is -2.37. The van der Waals surface area contributed by atoms with Crippen molar-refractivity contribution in [3.63, 3.8) is 0 Å². The fourth-order valence-electron chi connectivity index (χ4n) is 2.62. The minimum atomic E-state index is -4.00. The third-order valence-corrected chi connectivity index (χ3v) is 5.51. The highest BCUT2D eigenvalue weighted by Crippen LogP contribution is 2.29. The van der Waals surface area contributed by atoms with Crippen LogP contribution in [-0.4, -0.2) is 38.2 Å². The van der Waals surface area contributed by atoms with Gasteiger partial charge in [0, 0.05) is 12.8 Å². The summed E-state index contributed by atoms with van der Waals surface area (Å²) in [6.07, 6.45) is 0. The number of anilines is 1. The third kappa shape index (κ3) is 3.26. The van der Waals surface area contributed by atoms with Crippen molar-refractivity contribution in [2.75, 3.05) is 19.0 Å². The van der Waals surface area contributed by atoms with E-state index in [4.69, 9.17) is 4.74 Å². The summed E-state index contributed by atoms with van der Waals surface area (Å²) in [6.45, 7) is -0.192. The second-order valence-electron chi connectivity index (χ2n) is 5.49. The smallest absolute Gasteiger partial charge is 0.269 e. The van der Waals surface area contributed by atoms with Gasteiger partial charge in [-0.1, -0.05) is 24.3 Å². The molecule has 0 spiro atoms. The maximum Gasteiger partial charge on any atom is 0.269 e. The van der Waals surface area contributed by atoms with Gasteiger partial charge in [0.25, 0.3) is 15.9 Å². The Labute approximate surface area is 145 Å². The molecule has 8 heteroatoms. The molecule has 2 amide bonds. The van der Waals surface area contributed by atoms with E-state index in [1.807, 2.05) is 6.07 Å². The van der Waals surface area contributed by atoms with E-state index in [-0.39, 0.29) is 10.5 Å². The Morgan fingerprint density at radius 1 is 1.16 bits per heavy atom. The minimum absolute atomic E-state index is 0.0742. The Bertz CT molecular complexity index is 940. The molecule has 130 valence electrons. The average molecular weight is 360 g/mol. The average Bonchev–Trinajstić information content (AvgIpc) is 2.77. The number of rotatable bonds is 5. The summed E-state index contributed by atoms with van der Waals surface area (Å²) in [5.41, 5.74) is 1.44. The maximum absolute atomic E-state index is 12.4. The molecule has 7 nitrogen and oxygen atoms in total. The number of amides is 2. The Morgan fingerprint density at radius 2 is 1.92 bits per heavy atom. The predicted octanol–water partition coefficient (Wildman–Crippen LogP) is 1.62. The number of hydrogen-bond donors (Lipinski definition) is 1. The molecule has 0 unspecified atom stereocenters. The van der Waals surface area contributed by atoms with Crippen LogP contribution in [0.4, 0.5) is 5.69 Å². The summed E-state index contributed by atoms with van der Waals surface area (Å²) in [7, 11) is -2.43. The standard InChI is InChI=1S/C17H16N2O5S/c1-24-11-12-5-4-6-13(9-12)18-16(20)10-19-17(21)14-7-2-3-8-15(14)25(19,22)23/h2-9H,10-11H2,1H3,(H,18,20). The summed E-state index contributed by atoms with van der Waals surface area (Å²) in [5, 5.41) is 2.60. The number of nitrogens with one attached hydrogen (secondary N) is 1. The number of carbonyl (C=O) groups is 2. The van der Waals surface area contributed by atoms with E-state index in [9.17, 15) is 18.0 Å². The molecule has 0 bridgehead atoms. The molecule has 2 aromatic rings. The summed E-state index contributed by atoms with van der Waals surface area (Å²) in [4.78, 5) is 24.4. The van der Waals surface area contributed by atoms with Crippen LogP contribution in [0.5, 0.6) is 0 Å². The first-order chi connectivity index (χ1) is 11.9. The van der Waals surface area contributed by atoms with Crippen LogP contribution in [0.1, 0.15) is 15.9 Å². The second kappa shape index (κ2) is 6.66. The van der Waals surface area contributed by atoms with Gasteiger partial charge in [-0.3, -0.25) is 9.59 Å². The topological polar surface area (TPSA) is 92.8 Å². The molecule has 0 radical (unpaired) electrons. The third-order valence-electron chi connectivity index (χ3n) is 3.72. The van der Waals surface area contributed by atoms with E-state index in [0.717, 1.165) is 5.56 Å². The first-order valence-corrected chi connectivity index (χ1v) is 8.91. The van der Waals surface area contributed by atoms with Gasteiger partial charge in [0.05, 0.1) is 12.2 Å². The lowest BCUT2D eigenvalue weighted by Gasteiger charge is -2.15. The van der Waals surface area contributed by atoms with Gasteiger partial charge in [0.2, 0.25) is 5.91 Å². The zero-order valence-electron chi connectivity index (χ0n) is 13.4. The van der Waals surface area contributed by atoms with Gasteiger partial charge in [-0.25, -0.2) is 12.7 Å². The number of ether oxygens (including phenoxy) is 1. The van der Waals surface area contributed by atoms with Crippen LogP contribution in [0, 0.1) is 0 Å². The number of sulfonamides is 1. The highest BCUT2D eigenvalue weighted by molar-refractivity contribution is 7.90. The fourth-order valence-corrected chi connectivity index (χ4v) is 4.15. The quantitative estimate of drug-likeness (QED) is 0.875. The molecular weight excluding hydrogens is 344 g/mol. The van der Waals surface area contributed by atoms with E-state index in [2.05, 4.69) is 5.32 Å². The first-order valence-electron chi connectivity index (χ1n) is 7.47. The highest BCUT2D eigenvalue weighted by atomic mass is 32.2. The van der Waals surface area contributed by atoms with Crippen molar-refractivity contribution in [3.8, 4) is 0 Å². The van der Waals surface area contributed by atoms with Crippen molar-refractivity contribution in [2.45, 2.75) is 11.5 Å². The molecule has 0 aliphatic carbocycles. The largest absolute Gasteiger partial charge is 0.380 e. The van der Waals surface area contributed by atoms with Gasteiger partial charge in [-0.05, 0) is 29.8 Å². The van der Waals surface area contributed by atoms with Crippen molar-refractivity contribution < 1.29 is 22.7 Å². The van der Waals surface area contributed by atoms with Crippen molar-refractivity contribution in [1.82, 2.24) is 4.31 Å². The molecule has 1 aliphatic heterocycles. The van der Waals surface area contributed by atoms with E-state index in [1.54, 1.807) is 31.4 Å². The maximum atomic E-state index is 12.4. The minimum Gasteiger partial charge on any atom is -0.380 e. The molecular formula is C17H16N2O5S. The molecule has 0 atom stereocenters. The Kier molecular flexibility index (Phi) is 4.56. The Morgan fingerprint density at radius 3 is 2.64 bits per heavy atom. The van der Waals surface area contributed by atoms with Crippen LogP contribution in [0.25, 0.3) is 0 Å². The van der Waals surface area contributed by atoms with Crippen molar-refractivity contribution in [3.05, 3.63) is 59.7 Å². The highest BCUT2D eigenvalue weighted by Gasteiger charge is 2.41. The van der Waals surface area contributed by atoms with Gasteiger partial charge in [-0.15, -0.1) is 0 Å². The molecule has 0 saturated carbocycles. The van der Waals surface area contributed by atoms with Crippen LogP contribution in [-0.2, 0) is 26.2 Å². The van der Waals surface area contributed by atoms with Gasteiger partial charge < -0.3 is 10.1 Å². The van der Waals surface area contributed by atoms with E-state index < -0.39 is 28.4 Å². The predicted molar refractivity (Wildman–Crippen MR) is 90.4 cm³/mol. The Hall–Kier alpha value is -2.71. The molecule has 1 heterocycles. The molecule has 2 aromatic carbocycles. The Balaban J connectivity index is 1.76. The zero-order chi connectivity index (χ0) is 18.0. The number of methoxy groups -OCH3 is 1. The van der Waals surface area contributed by atoms with Crippen LogP contribution in [0.3, 0.4) is 0 Å². The van der Waals surface area contributed by atoms with Gasteiger partial charge in [0.1, 0.15) is 11.4 Å². The summed E-state index contributed by atoms with van der Waals surface area (Å²) in [6, 6.07) is 12.9. The van der Waals surface area contributed by atoms with Crippen molar-refractivity contribution in [2.24, 2.45) is 0 Å². The summed E-state index contributed by atoms with van der Waals surface area (Å²) >= 11 is 0. The fraction of sp³-hybridized carbons (Fsp3) is 0.176. The van der Waals surface area contributed by atoms with E-state index >= 15 is 0 Å². The molecule has 3 rings (SSSR count). The lowest BCUT2D eigenvalue weighted by atomic mass is 10.2. The molecule has 0 saturated heterocycles. The van der Waals surface area contributed by atoms with E-state index in [1.165, 1.54) is 18.2 Å².